The van der Waals surface area contributed by atoms with Crippen molar-refractivity contribution in [3.8, 4) is 11.8 Å². The highest BCUT2D eigenvalue weighted by Gasteiger charge is 2.14. The average molecular weight is 387 g/mol. The van der Waals surface area contributed by atoms with Gasteiger partial charge in [-0.25, -0.2) is 0 Å². The van der Waals surface area contributed by atoms with Crippen LogP contribution >= 0.6 is 22.9 Å². The van der Waals surface area contributed by atoms with E-state index in [1.54, 1.807) is 18.2 Å². The number of H-pyrrole nitrogens is 1. The van der Waals surface area contributed by atoms with Crippen molar-refractivity contribution in [3.63, 3.8) is 0 Å². The Morgan fingerprint density at radius 1 is 1.31 bits per heavy atom. The highest BCUT2D eigenvalue weighted by molar-refractivity contribution is 7.19. The number of fused-ring (bicyclic) bond motifs is 1. The number of pyridine rings is 1. The molecule has 0 radical (unpaired) electrons. The number of rotatable bonds is 4. The number of amides is 1. The van der Waals surface area contributed by atoms with Crippen LogP contribution in [-0.4, -0.2) is 22.6 Å². The molecule has 2 heterocycles. The maximum absolute atomic E-state index is 12.6. The summed E-state index contributed by atoms with van der Waals surface area (Å²) in [5.74, 6) is 5.28. The summed E-state index contributed by atoms with van der Waals surface area (Å²) in [6, 6.07) is 8.77. The van der Waals surface area contributed by atoms with Crippen molar-refractivity contribution in [2.75, 3.05) is 6.61 Å². The maximum Gasteiger partial charge on any atom is 0.257 e. The molecule has 0 fully saturated rings. The van der Waals surface area contributed by atoms with Gasteiger partial charge < -0.3 is 15.4 Å². The fourth-order valence-corrected chi connectivity index (χ4v) is 3.36. The summed E-state index contributed by atoms with van der Waals surface area (Å²) in [5, 5.41) is 12.6. The molecule has 2 aromatic heterocycles. The number of nitrogens with one attached hydrogen (secondary N) is 2. The minimum atomic E-state index is -0.442. The van der Waals surface area contributed by atoms with Crippen LogP contribution in [0.25, 0.3) is 10.2 Å². The number of hydrogen-bond acceptors (Lipinski definition) is 4. The molecule has 7 heteroatoms. The second-order valence-corrected chi connectivity index (χ2v) is 6.96. The fourth-order valence-electron chi connectivity index (χ4n) is 2.33. The van der Waals surface area contributed by atoms with E-state index in [0.29, 0.717) is 33.1 Å². The van der Waals surface area contributed by atoms with Gasteiger partial charge in [0.15, 0.2) is 0 Å². The number of halogens is 1. The summed E-state index contributed by atoms with van der Waals surface area (Å²) in [4.78, 5) is 29.3. The Morgan fingerprint density at radius 3 is 2.81 bits per heavy atom. The summed E-state index contributed by atoms with van der Waals surface area (Å²) in [6.45, 7) is 0.295. The fraction of sp³-hybridized carbons (Fsp3) is 0.158. The topological polar surface area (TPSA) is 82.2 Å². The Morgan fingerprint density at radius 2 is 2.08 bits per heavy atom. The lowest BCUT2D eigenvalue weighted by molar-refractivity contribution is 0.0949. The highest BCUT2D eigenvalue weighted by Crippen LogP contribution is 2.20. The van der Waals surface area contributed by atoms with Crippen LogP contribution in [0.3, 0.4) is 0 Å². The van der Waals surface area contributed by atoms with Crippen LogP contribution in [0, 0.1) is 11.8 Å². The standard InChI is InChI=1S/C19H15ClN2O3S/c20-13-6-4-12(5-7-13)10-21-18(25)16-11-22-19-15(17(16)24)9-14(26-19)3-1-2-8-23/h4-7,9,11,23H,2,8,10H2,(H,21,25)(H,22,24). The monoisotopic (exact) mass is 386 g/mol. The second-order valence-electron chi connectivity index (χ2n) is 5.47. The lowest BCUT2D eigenvalue weighted by Crippen LogP contribution is -2.28. The van der Waals surface area contributed by atoms with Crippen molar-refractivity contribution in [2.45, 2.75) is 13.0 Å². The van der Waals surface area contributed by atoms with Crippen molar-refractivity contribution in [3.05, 3.63) is 67.8 Å². The maximum atomic E-state index is 12.6. The first-order valence-electron chi connectivity index (χ1n) is 7.86. The number of aliphatic hydroxyl groups is 1. The molecule has 0 aliphatic heterocycles. The zero-order chi connectivity index (χ0) is 18.5. The Hall–Kier alpha value is -2.59. The second kappa shape index (κ2) is 8.19. The lowest BCUT2D eigenvalue weighted by atomic mass is 10.2. The third-order valence-electron chi connectivity index (χ3n) is 3.63. The largest absolute Gasteiger partial charge is 0.395 e. The third kappa shape index (κ3) is 4.14. The van der Waals surface area contributed by atoms with Crippen molar-refractivity contribution in [1.82, 2.24) is 10.3 Å². The van der Waals surface area contributed by atoms with Crippen LogP contribution in [0.15, 0.2) is 41.3 Å². The van der Waals surface area contributed by atoms with E-state index in [9.17, 15) is 9.59 Å². The lowest BCUT2D eigenvalue weighted by Gasteiger charge is -2.05. The summed E-state index contributed by atoms with van der Waals surface area (Å²) in [6.07, 6.45) is 1.80. The van der Waals surface area contributed by atoms with Crippen molar-refractivity contribution < 1.29 is 9.90 Å². The van der Waals surface area contributed by atoms with Crippen LogP contribution in [-0.2, 0) is 6.54 Å². The summed E-state index contributed by atoms with van der Waals surface area (Å²) < 4.78 is 0. The number of carbonyl (C=O) groups excluding carboxylic acids is 1. The molecule has 0 unspecified atom stereocenters. The quantitative estimate of drug-likeness (QED) is 0.603. The molecule has 0 saturated carbocycles. The molecule has 1 aromatic carbocycles. The molecule has 5 nitrogen and oxygen atoms in total. The van der Waals surface area contributed by atoms with Gasteiger partial charge in [0.1, 0.15) is 10.4 Å². The zero-order valence-corrected chi connectivity index (χ0v) is 15.2. The van der Waals surface area contributed by atoms with E-state index in [1.165, 1.54) is 17.5 Å². The first-order chi connectivity index (χ1) is 12.6. The number of aliphatic hydroxyl groups excluding tert-OH is 1. The molecule has 1 amide bonds. The van der Waals surface area contributed by atoms with Gasteiger partial charge in [-0.15, -0.1) is 11.3 Å². The summed E-state index contributed by atoms with van der Waals surface area (Å²) in [7, 11) is 0. The molecule has 132 valence electrons. The predicted molar refractivity (Wildman–Crippen MR) is 104 cm³/mol. The Labute approximate surface area is 158 Å². The summed E-state index contributed by atoms with van der Waals surface area (Å²) >= 11 is 7.17. The van der Waals surface area contributed by atoms with Crippen LogP contribution in [0.5, 0.6) is 0 Å². The van der Waals surface area contributed by atoms with E-state index in [4.69, 9.17) is 16.7 Å². The van der Waals surface area contributed by atoms with Gasteiger partial charge in [-0.2, -0.15) is 0 Å². The number of aromatic amines is 1. The molecule has 0 atom stereocenters. The number of benzene rings is 1. The molecule has 0 aliphatic rings. The third-order valence-corrected chi connectivity index (χ3v) is 4.86. The van der Waals surface area contributed by atoms with Gasteiger partial charge in [0.25, 0.3) is 5.91 Å². The zero-order valence-electron chi connectivity index (χ0n) is 13.6. The average Bonchev–Trinajstić information content (AvgIpc) is 3.05. The molecule has 0 aliphatic carbocycles. The first-order valence-corrected chi connectivity index (χ1v) is 9.05. The number of hydrogen-bond donors (Lipinski definition) is 3. The van der Waals surface area contributed by atoms with Crippen molar-refractivity contribution in [2.24, 2.45) is 0 Å². The Balaban J connectivity index is 1.80. The molecule has 3 N–H and O–H groups in total. The Kier molecular flexibility index (Phi) is 5.74. The first kappa shape index (κ1) is 18.2. The van der Waals surface area contributed by atoms with Gasteiger partial charge in [0.05, 0.1) is 16.9 Å². The Bertz CT molecular complexity index is 1060. The van der Waals surface area contributed by atoms with E-state index >= 15 is 0 Å². The van der Waals surface area contributed by atoms with Gasteiger partial charge in [-0.1, -0.05) is 35.6 Å². The van der Waals surface area contributed by atoms with Crippen LogP contribution in [0.1, 0.15) is 27.2 Å². The number of thiophene rings is 1. The van der Waals surface area contributed by atoms with E-state index in [0.717, 1.165) is 5.56 Å². The number of carbonyl (C=O) groups is 1. The van der Waals surface area contributed by atoms with Gasteiger partial charge >= 0.3 is 0 Å². The molecule has 0 spiro atoms. The number of aromatic nitrogens is 1. The molecule has 3 rings (SSSR count). The molecular formula is C19H15ClN2O3S. The highest BCUT2D eigenvalue weighted by atomic mass is 35.5. The van der Waals surface area contributed by atoms with Crippen LogP contribution in [0.2, 0.25) is 5.02 Å². The predicted octanol–water partition coefficient (Wildman–Crippen LogP) is 2.91. The molecule has 0 saturated heterocycles. The minimum Gasteiger partial charge on any atom is -0.395 e. The van der Waals surface area contributed by atoms with E-state index < -0.39 is 5.91 Å². The SMILES string of the molecule is O=C(NCc1ccc(Cl)cc1)c1c[nH]c2sc(C#CCCO)cc2c1=O. The van der Waals surface area contributed by atoms with Gasteiger partial charge in [0.2, 0.25) is 5.43 Å². The van der Waals surface area contributed by atoms with Crippen LogP contribution in [0.4, 0.5) is 0 Å². The smallest absolute Gasteiger partial charge is 0.257 e. The van der Waals surface area contributed by atoms with E-state index in [2.05, 4.69) is 22.1 Å². The van der Waals surface area contributed by atoms with Gasteiger partial charge in [-0.05, 0) is 23.8 Å². The minimum absolute atomic E-state index is 0.00519. The van der Waals surface area contributed by atoms with E-state index in [1.807, 2.05) is 12.1 Å². The van der Waals surface area contributed by atoms with Crippen molar-refractivity contribution in [1.29, 1.82) is 0 Å². The van der Waals surface area contributed by atoms with Gasteiger partial charge in [0, 0.05) is 24.2 Å². The molecule has 3 aromatic rings. The van der Waals surface area contributed by atoms with Crippen LogP contribution < -0.4 is 10.7 Å². The summed E-state index contributed by atoms with van der Waals surface area (Å²) in [5.41, 5.74) is 0.607. The molecule has 0 bridgehead atoms. The molecule has 26 heavy (non-hydrogen) atoms. The van der Waals surface area contributed by atoms with E-state index in [-0.39, 0.29) is 17.6 Å². The molecular weight excluding hydrogens is 372 g/mol. The normalized spacial score (nSPS) is 10.4. The van der Waals surface area contributed by atoms with Gasteiger partial charge in [-0.3, -0.25) is 9.59 Å². The van der Waals surface area contributed by atoms with Crippen molar-refractivity contribution >= 4 is 39.1 Å².